The Morgan fingerprint density at radius 1 is 1.00 bits per heavy atom. The number of benzene rings is 2. The molecular weight excluding hydrogens is 352 g/mol. The van der Waals surface area contributed by atoms with Gasteiger partial charge in [-0.25, -0.2) is 17.6 Å². The van der Waals surface area contributed by atoms with Crippen LogP contribution in [0.15, 0.2) is 34.8 Å². The number of halogens is 5. The van der Waals surface area contributed by atoms with E-state index in [-0.39, 0.29) is 22.0 Å². The lowest BCUT2D eigenvalue weighted by molar-refractivity contribution is 0.484. The lowest BCUT2D eigenvalue weighted by atomic mass is 9.98. The van der Waals surface area contributed by atoms with E-state index in [0.29, 0.717) is 0 Å². The van der Waals surface area contributed by atoms with E-state index in [2.05, 4.69) is 21.4 Å². The average molecular weight is 363 g/mol. The molecule has 112 valence electrons. The van der Waals surface area contributed by atoms with Crippen molar-refractivity contribution in [3.63, 3.8) is 0 Å². The Kier molecular flexibility index (Phi) is 4.97. The van der Waals surface area contributed by atoms with Gasteiger partial charge in [-0.05, 0) is 52.2 Å². The van der Waals surface area contributed by atoms with Crippen molar-refractivity contribution in [2.45, 2.75) is 12.5 Å². The molecule has 21 heavy (non-hydrogen) atoms. The molecule has 0 spiro atoms. The summed E-state index contributed by atoms with van der Waals surface area (Å²) in [5.41, 5.74) is 2.44. The molecule has 0 aliphatic heterocycles. The van der Waals surface area contributed by atoms with Crippen LogP contribution in [0.25, 0.3) is 0 Å². The number of rotatable bonds is 4. The molecule has 1 unspecified atom stereocenters. The van der Waals surface area contributed by atoms with Gasteiger partial charge in [0.05, 0.1) is 10.5 Å². The maximum Gasteiger partial charge on any atom is 0.159 e. The topological polar surface area (TPSA) is 38.0 Å². The Hall–Kier alpha value is -1.44. The van der Waals surface area contributed by atoms with Gasteiger partial charge in [-0.1, -0.05) is 6.07 Å². The Morgan fingerprint density at radius 2 is 1.67 bits per heavy atom. The second-order valence-electron chi connectivity index (χ2n) is 4.42. The maximum absolute atomic E-state index is 13.9. The Bertz CT molecular complexity index is 664. The van der Waals surface area contributed by atoms with E-state index in [4.69, 9.17) is 5.84 Å². The summed E-state index contributed by atoms with van der Waals surface area (Å²) in [6.45, 7) is 0. The molecule has 0 saturated heterocycles. The van der Waals surface area contributed by atoms with Gasteiger partial charge in [0.1, 0.15) is 11.6 Å². The second-order valence-corrected chi connectivity index (χ2v) is 5.27. The highest BCUT2D eigenvalue weighted by molar-refractivity contribution is 9.10. The summed E-state index contributed by atoms with van der Waals surface area (Å²) < 4.78 is 53.9. The molecular formula is C14H11BrF4N2. The smallest absolute Gasteiger partial charge is 0.159 e. The van der Waals surface area contributed by atoms with Gasteiger partial charge in [-0.15, -0.1) is 0 Å². The summed E-state index contributed by atoms with van der Waals surface area (Å²) in [6, 6.07) is 4.77. The number of hydrogen-bond donors (Lipinski definition) is 2. The van der Waals surface area contributed by atoms with E-state index in [1.165, 1.54) is 12.1 Å². The normalized spacial score (nSPS) is 12.5. The van der Waals surface area contributed by atoms with Gasteiger partial charge in [0, 0.05) is 5.56 Å². The molecule has 0 aliphatic carbocycles. The molecule has 3 N–H and O–H groups in total. The van der Waals surface area contributed by atoms with Crippen molar-refractivity contribution in [2.24, 2.45) is 5.84 Å². The van der Waals surface area contributed by atoms with Crippen LogP contribution >= 0.6 is 15.9 Å². The van der Waals surface area contributed by atoms with E-state index < -0.39 is 29.3 Å². The van der Waals surface area contributed by atoms with E-state index in [1.54, 1.807) is 0 Å². The van der Waals surface area contributed by atoms with Crippen LogP contribution in [-0.2, 0) is 6.42 Å². The molecule has 0 amide bonds. The molecule has 7 heteroatoms. The lowest BCUT2D eigenvalue weighted by Crippen LogP contribution is -2.30. The fourth-order valence-electron chi connectivity index (χ4n) is 1.96. The minimum absolute atomic E-state index is 0.111. The zero-order valence-electron chi connectivity index (χ0n) is 10.6. The Balaban J connectivity index is 2.35. The minimum Gasteiger partial charge on any atom is -0.271 e. The van der Waals surface area contributed by atoms with E-state index >= 15 is 0 Å². The van der Waals surface area contributed by atoms with Crippen LogP contribution in [0.1, 0.15) is 17.2 Å². The van der Waals surface area contributed by atoms with Crippen molar-refractivity contribution >= 4 is 15.9 Å². The second kappa shape index (κ2) is 6.55. The monoisotopic (exact) mass is 362 g/mol. The maximum atomic E-state index is 13.9. The van der Waals surface area contributed by atoms with E-state index in [9.17, 15) is 17.6 Å². The molecule has 0 fully saturated rings. The van der Waals surface area contributed by atoms with Gasteiger partial charge in [0.25, 0.3) is 0 Å². The molecule has 0 radical (unpaired) electrons. The predicted molar refractivity (Wildman–Crippen MR) is 74.2 cm³/mol. The number of nitrogens with one attached hydrogen (secondary N) is 1. The third kappa shape index (κ3) is 3.42. The van der Waals surface area contributed by atoms with Gasteiger partial charge in [0.2, 0.25) is 0 Å². The van der Waals surface area contributed by atoms with Gasteiger partial charge in [-0.3, -0.25) is 11.3 Å². The van der Waals surface area contributed by atoms with Crippen LogP contribution < -0.4 is 11.3 Å². The lowest BCUT2D eigenvalue weighted by Gasteiger charge is -2.18. The SMILES string of the molecule is NNC(Cc1c(F)ccc(Br)c1F)c1ccc(F)c(F)c1. The van der Waals surface area contributed by atoms with Crippen molar-refractivity contribution in [3.8, 4) is 0 Å². The van der Waals surface area contributed by atoms with Gasteiger partial charge >= 0.3 is 0 Å². The molecule has 2 nitrogen and oxygen atoms in total. The number of nitrogens with two attached hydrogens (primary N) is 1. The molecule has 2 rings (SSSR count). The summed E-state index contributed by atoms with van der Waals surface area (Å²) in [4.78, 5) is 0. The zero-order valence-corrected chi connectivity index (χ0v) is 12.2. The van der Waals surface area contributed by atoms with Crippen molar-refractivity contribution in [1.29, 1.82) is 0 Å². The molecule has 0 bridgehead atoms. The third-order valence-electron chi connectivity index (χ3n) is 3.09. The van der Waals surface area contributed by atoms with Gasteiger partial charge in [0.15, 0.2) is 11.6 Å². The Labute approximate surface area is 127 Å². The van der Waals surface area contributed by atoms with Crippen LogP contribution in [0.5, 0.6) is 0 Å². The average Bonchev–Trinajstić information content (AvgIpc) is 2.47. The highest BCUT2D eigenvalue weighted by atomic mass is 79.9. The minimum atomic E-state index is -1.05. The fourth-order valence-corrected chi connectivity index (χ4v) is 2.33. The number of hydrogen-bond acceptors (Lipinski definition) is 2. The van der Waals surface area contributed by atoms with Crippen molar-refractivity contribution in [3.05, 3.63) is 69.2 Å². The summed E-state index contributed by atoms with van der Waals surface area (Å²) in [6.07, 6.45) is -0.154. The van der Waals surface area contributed by atoms with Crippen molar-refractivity contribution < 1.29 is 17.6 Å². The van der Waals surface area contributed by atoms with Gasteiger partial charge in [-0.2, -0.15) is 0 Å². The Morgan fingerprint density at radius 3 is 2.29 bits per heavy atom. The first-order valence-corrected chi connectivity index (χ1v) is 6.76. The van der Waals surface area contributed by atoms with Crippen LogP contribution in [0.3, 0.4) is 0 Å². The molecule has 2 aromatic rings. The summed E-state index contributed by atoms with van der Waals surface area (Å²) >= 11 is 2.97. The first-order valence-electron chi connectivity index (χ1n) is 5.97. The summed E-state index contributed by atoms with van der Waals surface area (Å²) in [5, 5.41) is 0. The highest BCUT2D eigenvalue weighted by Gasteiger charge is 2.19. The standard InChI is InChI=1S/C14H11BrF4N2/c15-9-2-4-10(16)8(14(9)19)6-13(21-20)7-1-3-11(17)12(18)5-7/h1-5,13,21H,6,20H2. The van der Waals surface area contributed by atoms with E-state index in [0.717, 1.165) is 18.2 Å². The molecule has 0 aromatic heterocycles. The van der Waals surface area contributed by atoms with Crippen LogP contribution in [0.2, 0.25) is 0 Å². The van der Waals surface area contributed by atoms with Crippen molar-refractivity contribution in [2.75, 3.05) is 0 Å². The molecule has 0 aliphatic rings. The first-order chi connectivity index (χ1) is 9.93. The quantitative estimate of drug-likeness (QED) is 0.376. The fraction of sp³-hybridized carbons (Fsp3) is 0.143. The first kappa shape index (κ1) is 15.9. The summed E-state index contributed by atoms with van der Waals surface area (Å²) in [7, 11) is 0. The zero-order chi connectivity index (χ0) is 15.6. The molecule has 1 atom stereocenters. The van der Waals surface area contributed by atoms with Crippen LogP contribution in [0, 0.1) is 23.3 Å². The molecule has 2 aromatic carbocycles. The highest BCUT2D eigenvalue weighted by Crippen LogP contribution is 2.27. The molecule has 0 heterocycles. The third-order valence-corrected chi connectivity index (χ3v) is 3.71. The van der Waals surface area contributed by atoms with E-state index in [1.807, 2.05) is 0 Å². The molecule has 0 saturated carbocycles. The van der Waals surface area contributed by atoms with Crippen molar-refractivity contribution in [1.82, 2.24) is 5.43 Å². The summed E-state index contributed by atoms with van der Waals surface area (Å²) in [5.74, 6) is 1.81. The predicted octanol–water partition coefficient (Wildman–Crippen LogP) is 3.75. The van der Waals surface area contributed by atoms with Gasteiger partial charge < -0.3 is 0 Å². The number of hydrazine groups is 1. The van der Waals surface area contributed by atoms with Crippen LogP contribution in [-0.4, -0.2) is 0 Å². The largest absolute Gasteiger partial charge is 0.271 e. The van der Waals surface area contributed by atoms with Crippen LogP contribution in [0.4, 0.5) is 17.6 Å².